The van der Waals surface area contributed by atoms with E-state index in [1.54, 1.807) is 0 Å². The average molecular weight is 265 g/mol. The van der Waals surface area contributed by atoms with E-state index in [-0.39, 0.29) is 18.1 Å². The minimum Gasteiger partial charge on any atom is -0.482 e. The molecule has 0 bridgehead atoms. The SMILES string of the molecule is COC(=O)COc1ccc(C)cc1CNC(C)(C)C. The van der Waals surface area contributed by atoms with Crippen LogP contribution < -0.4 is 10.1 Å². The molecule has 0 amide bonds. The molecular weight excluding hydrogens is 242 g/mol. The molecule has 0 unspecified atom stereocenters. The van der Waals surface area contributed by atoms with Gasteiger partial charge in [-0.15, -0.1) is 0 Å². The number of ether oxygens (including phenoxy) is 2. The van der Waals surface area contributed by atoms with Crippen molar-refractivity contribution in [1.82, 2.24) is 5.32 Å². The maximum absolute atomic E-state index is 11.1. The second-order valence-corrected chi connectivity index (χ2v) is 5.58. The van der Waals surface area contributed by atoms with E-state index in [0.717, 1.165) is 11.1 Å². The first kappa shape index (κ1) is 15.5. The molecule has 0 saturated heterocycles. The lowest BCUT2D eigenvalue weighted by atomic mass is 10.1. The number of aryl methyl sites for hydroxylation is 1. The maximum Gasteiger partial charge on any atom is 0.343 e. The molecule has 0 radical (unpaired) electrons. The van der Waals surface area contributed by atoms with Gasteiger partial charge in [-0.3, -0.25) is 0 Å². The molecule has 0 spiro atoms. The Balaban J connectivity index is 2.76. The highest BCUT2D eigenvalue weighted by atomic mass is 16.6. The van der Waals surface area contributed by atoms with Gasteiger partial charge in [0.15, 0.2) is 6.61 Å². The Kier molecular flexibility index (Phi) is 5.36. The Morgan fingerprint density at radius 3 is 2.58 bits per heavy atom. The molecule has 1 N–H and O–H groups in total. The van der Waals surface area contributed by atoms with Gasteiger partial charge in [-0.1, -0.05) is 17.7 Å². The number of hydrogen-bond acceptors (Lipinski definition) is 4. The largest absolute Gasteiger partial charge is 0.482 e. The van der Waals surface area contributed by atoms with Crippen LogP contribution in [0.1, 0.15) is 31.9 Å². The van der Waals surface area contributed by atoms with Crippen molar-refractivity contribution < 1.29 is 14.3 Å². The fourth-order valence-corrected chi connectivity index (χ4v) is 1.54. The van der Waals surface area contributed by atoms with E-state index in [2.05, 4.69) is 36.9 Å². The number of carbonyl (C=O) groups excluding carboxylic acids is 1. The first-order valence-electron chi connectivity index (χ1n) is 6.36. The van der Waals surface area contributed by atoms with Crippen LogP contribution in [0.25, 0.3) is 0 Å². The lowest BCUT2D eigenvalue weighted by Crippen LogP contribution is -2.35. The van der Waals surface area contributed by atoms with Crippen LogP contribution in [-0.2, 0) is 16.1 Å². The molecule has 0 aliphatic heterocycles. The highest BCUT2D eigenvalue weighted by Crippen LogP contribution is 2.20. The van der Waals surface area contributed by atoms with Gasteiger partial charge in [0.2, 0.25) is 0 Å². The summed E-state index contributed by atoms with van der Waals surface area (Å²) < 4.78 is 10.1. The van der Waals surface area contributed by atoms with Gasteiger partial charge in [0, 0.05) is 17.6 Å². The zero-order chi connectivity index (χ0) is 14.5. The Morgan fingerprint density at radius 1 is 1.32 bits per heavy atom. The predicted molar refractivity (Wildman–Crippen MR) is 75.3 cm³/mol. The van der Waals surface area contributed by atoms with E-state index >= 15 is 0 Å². The van der Waals surface area contributed by atoms with Gasteiger partial charge in [0.25, 0.3) is 0 Å². The van der Waals surface area contributed by atoms with E-state index in [1.165, 1.54) is 7.11 Å². The topological polar surface area (TPSA) is 47.6 Å². The van der Waals surface area contributed by atoms with Crippen molar-refractivity contribution in [3.63, 3.8) is 0 Å². The number of benzene rings is 1. The smallest absolute Gasteiger partial charge is 0.343 e. The fourth-order valence-electron chi connectivity index (χ4n) is 1.54. The molecule has 0 aliphatic carbocycles. The second kappa shape index (κ2) is 6.57. The summed E-state index contributed by atoms with van der Waals surface area (Å²) >= 11 is 0. The van der Waals surface area contributed by atoms with E-state index in [0.29, 0.717) is 12.3 Å². The second-order valence-electron chi connectivity index (χ2n) is 5.58. The maximum atomic E-state index is 11.1. The van der Waals surface area contributed by atoms with Crippen LogP contribution >= 0.6 is 0 Å². The van der Waals surface area contributed by atoms with Crippen molar-refractivity contribution in [2.24, 2.45) is 0 Å². The summed E-state index contributed by atoms with van der Waals surface area (Å²) in [5.74, 6) is 0.336. The summed E-state index contributed by atoms with van der Waals surface area (Å²) in [6.07, 6.45) is 0. The number of rotatable bonds is 5. The number of esters is 1. The normalized spacial score (nSPS) is 11.2. The monoisotopic (exact) mass is 265 g/mol. The zero-order valence-corrected chi connectivity index (χ0v) is 12.4. The highest BCUT2D eigenvalue weighted by Gasteiger charge is 2.12. The molecule has 1 aromatic carbocycles. The molecule has 0 atom stereocenters. The van der Waals surface area contributed by atoms with Gasteiger partial charge in [0.1, 0.15) is 5.75 Å². The van der Waals surface area contributed by atoms with Gasteiger partial charge in [-0.2, -0.15) is 0 Å². The van der Waals surface area contributed by atoms with E-state index in [1.807, 2.05) is 19.1 Å². The van der Waals surface area contributed by atoms with E-state index in [9.17, 15) is 4.79 Å². The Bertz CT molecular complexity index is 436. The number of carbonyl (C=O) groups is 1. The van der Waals surface area contributed by atoms with Crippen molar-refractivity contribution in [1.29, 1.82) is 0 Å². The van der Waals surface area contributed by atoms with Gasteiger partial charge < -0.3 is 14.8 Å². The van der Waals surface area contributed by atoms with Gasteiger partial charge in [-0.05, 0) is 33.8 Å². The molecule has 106 valence electrons. The van der Waals surface area contributed by atoms with Crippen LogP contribution in [0.3, 0.4) is 0 Å². The molecule has 1 aromatic rings. The van der Waals surface area contributed by atoms with Gasteiger partial charge >= 0.3 is 5.97 Å². The molecular formula is C15H23NO3. The molecule has 0 aliphatic rings. The average Bonchev–Trinajstić information content (AvgIpc) is 2.33. The molecule has 1 rings (SSSR count). The van der Waals surface area contributed by atoms with Crippen molar-refractivity contribution in [3.8, 4) is 5.75 Å². The summed E-state index contributed by atoms with van der Waals surface area (Å²) in [4.78, 5) is 11.1. The molecule has 0 fully saturated rings. The minimum absolute atomic E-state index is 0.0311. The first-order valence-corrected chi connectivity index (χ1v) is 6.36. The summed E-state index contributed by atoms with van der Waals surface area (Å²) in [6, 6.07) is 5.91. The molecule has 4 heteroatoms. The van der Waals surface area contributed by atoms with Crippen LogP contribution in [-0.4, -0.2) is 25.2 Å². The first-order chi connectivity index (χ1) is 8.81. The molecule has 0 saturated carbocycles. The Labute approximate surface area is 115 Å². The Morgan fingerprint density at radius 2 is 2.00 bits per heavy atom. The number of methoxy groups -OCH3 is 1. The van der Waals surface area contributed by atoms with Crippen LogP contribution in [0.5, 0.6) is 5.75 Å². The number of hydrogen-bond donors (Lipinski definition) is 1. The molecule has 4 nitrogen and oxygen atoms in total. The highest BCUT2D eigenvalue weighted by molar-refractivity contribution is 5.70. The van der Waals surface area contributed by atoms with E-state index in [4.69, 9.17) is 4.74 Å². The predicted octanol–water partition coefficient (Wildman–Crippen LogP) is 2.43. The minimum atomic E-state index is -0.379. The quantitative estimate of drug-likeness (QED) is 0.831. The van der Waals surface area contributed by atoms with E-state index < -0.39 is 0 Å². The lowest BCUT2D eigenvalue weighted by Gasteiger charge is -2.22. The zero-order valence-electron chi connectivity index (χ0n) is 12.4. The third kappa shape index (κ3) is 5.75. The molecule has 0 heterocycles. The summed E-state index contributed by atoms with van der Waals surface area (Å²) in [5.41, 5.74) is 2.23. The van der Waals surface area contributed by atoms with Crippen LogP contribution in [0.15, 0.2) is 18.2 Å². The lowest BCUT2D eigenvalue weighted by molar-refractivity contribution is -0.142. The molecule has 0 aromatic heterocycles. The van der Waals surface area contributed by atoms with Crippen LogP contribution in [0.2, 0.25) is 0 Å². The van der Waals surface area contributed by atoms with Crippen LogP contribution in [0, 0.1) is 6.92 Å². The summed E-state index contributed by atoms with van der Waals surface area (Å²) in [7, 11) is 1.35. The molecule has 19 heavy (non-hydrogen) atoms. The third-order valence-corrected chi connectivity index (χ3v) is 2.60. The summed E-state index contributed by atoms with van der Waals surface area (Å²) in [5, 5.41) is 3.41. The van der Waals surface area contributed by atoms with Crippen molar-refractivity contribution in [2.45, 2.75) is 39.8 Å². The standard InChI is InChI=1S/C15H23NO3/c1-11-6-7-13(19-10-14(17)18-5)12(8-11)9-16-15(2,3)4/h6-8,16H,9-10H2,1-5H3. The van der Waals surface area contributed by atoms with Crippen molar-refractivity contribution >= 4 is 5.97 Å². The fraction of sp³-hybridized carbons (Fsp3) is 0.533. The van der Waals surface area contributed by atoms with Crippen molar-refractivity contribution in [3.05, 3.63) is 29.3 Å². The van der Waals surface area contributed by atoms with Gasteiger partial charge in [0.05, 0.1) is 7.11 Å². The summed E-state index contributed by atoms with van der Waals surface area (Å²) in [6.45, 7) is 8.99. The van der Waals surface area contributed by atoms with Gasteiger partial charge in [-0.25, -0.2) is 4.79 Å². The number of nitrogens with one attached hydrogen (secondary N) is 1. The Hall–Kier alpha value is -1.55. The van der Waals surface area contributed by atoms with Crippen LogP contribution in [0.4, 0.5) is 0 Å². The van der Waals surface area contributed by atoms with Crippen molar-refractivity contribution in [2.75, 3.05) is 13.7 Å². The third-order valence-electron chi connectivity index (χ3n) is 2.60.